The lowest BCUT2D eigenvalue weighted by molar-refractivity contribution is 0.0691. The van der Waals surface area contributed by atoms with Gasteiger partial charge in [0, 0.05) is 39.1 Å². The van der Waals surface area contributed by atoms with E-state index in [1.807, 2.05) is 29.0 Å². The minimum absolute atomic E-state index is 0.00890. The minimum Gasteiger partial charge on any atom is -0.358 e. The Morgan fingerprint density at radius 3 is 2.56 bits per heavy atom. The molecule has 1 saturated heterocycles. The van der Waals surface area contributed by atoms with Crippen molar-refractivity contribution in [2.45, 2.75) is 26.2 Å². The normalized spacial score (nSPS) is 15.2. The topological polar surface area (TPSA) is 62.2 Å². The number of piperidine rings is 1. The molecular weight excluding hydrogens is 314 g/mol. The van der Waals surface area contributed by atoms with Gasteiger partial charge in [0.25, 0.3) is 5.91 Å². The molecule has 0 aliphatic carbocycles. The van der Waals surface area contributed by atoms with E-state index in [2.05, 4.69) is 21.9 Å². The third-order valence-electron chi connectivity index (χ3n) is 4.80. The standard InChI is InChI=1S/C19H25N5O/c1-15-5-11-24(12-6-15)19(25)17-13-22-18(14-21-17)23(2)10-7-16-3-8-20-9-4-16/h3-4,8-9,13-15H,5-7,10-12H2,1-2H3. The Hall–Kier alpha value is -2.50. The number of rotatable bonds is 5. The first-order valence-corrected chi connectivity index (χ1v) is 8.85. The van der Waals surface area contributed by atoms with Gasteiger partial charge in [-0.1, -0.05) is 6.92 Å². The van der Waals surface area contributed by atoms with Crippen LogP contribution < -0.4 is 4.90 Å². The molecule has 2 aromatic rings. The molecule has 1 aliphatic heterocycles. The molecule has 6 nitrogen and oxygen atoms in total. The van der Waals surface area contributed by atoms with Crippen LogP contribution in [0.15, 0.2) is 36.9 Å². The molecule has 3 rings (SSSR count). The van der Waals surface area contributed by atoms with Crippen molar-refractivity contribution < 1.29 is 4.79 Å². The molecule has 0 spiro atoms. The van der Waals surface area contributed by atoms with E-state index in [1.54, 1.807) is 24.8 Å². The van der Waals surface area contributed by atoms with Gasteiger partial charge in [0.05, 0.1) is 12.4 Å². The number of anilines is 1. The number of hydrogen-bond acceptors (Lipinski definition) is 5. The maximum atomic E-state index is 12.5. The largest absolute Gasteiger partial charge is 0.358 e. The van der Waals surface area contributed by atoms with E-state index in [9.17, 15) is 4.79 Å². The van der Waals surface area contributed by atoms with Crippen molar-refractivity contribution in [3.8, 4) is 0 Å². The Morgan fingerprint density at radius 2 is 1.92 bits per heavy atom. The fraction of sp³-hybridized carbons (Fsp3) is 0.474. The maximum Gasteiger partial charge on any atom is 0.274 e. The molecule has 0 unspecified atom stereocenters. The van der Waals surface area contributed by atoms with Crippen molar-refractivity contribution in [3.63, 3.8) is 0 Å². The van der Waals surface area contributed by atoms with Crippen molar-refractivity contribution in [1.29, 1.82) is 0 Å². The fourth-order valence-corrected chi connectivity index (χ4v) is 2.96. The summed E-state index contributed by atoms with van der Waals surface area (Å²) >= 11 is 0. The van der Waals surface area contributed by atoms with Gasteiger partial charge in [-0.05, 0) is 42.9 Å². The smallest absolute Gasteiger partial charge is 0.274 e. The summed E-state index contributed by atoms with van der Waals surface area (Å²) in [6, 6.07) is 4.03. The first-order chi connectivity index (χ1) is 12.1. The fourth-order valence-electron chi connectivity index (χ4n) is 2.96. The average molecular weight is 339 g/mol. The van der Waals surface area contributed by atoms with Crippen LogP contribution in [0.1, 0.15) is 35.8 Å². The molecular formula is C19H25N5O. The number of amides is 1. The zero-order valence-corrected chi connectivity index (χ0v) is 14.9. The summed E-state index contributed by atoms with van der Waals surface area (Å²) in [7, 11) is 1.98. The lowest BCUT2D eigenvalue weighted by Crippen LogP contribution is -2.38. The molecule has 1 amide bonds. The molecule has 0 N–H and O–H groups in total. The molecule has 1 fully saturated rings. The van der Waals surface area contributed by atoms with Crippen LogP contribution in [-0.4, -0.2) is 52.4 Å². The number of carbonyl (C=O) groups is 1. The quantitative estimate of drug-likeness (QED) is 0.837. The molecule has 0 atom stereocenters. The van der Waals surface area contributed by atoms with Gasteiger partial charge in [0.1, 0.15) is 11.5 Å². The first kappa shape index (κ1) is 17.3. The van der Waals surface area contributed by atoms with Crippen LogP contribution in [0.2, 0.25) is 0 Å². The predicted octanol–water partition coefficient (Wildman–Crippen LogP) is 2.42. The second-order valence-corrected chi connectivity index (χ2v) is 6.76. The molecule has 0 saturated carbocycles. The van der Waals surface area contributed by atoms with Gasteiger partial charge < -0.3 is 9.80 Å². The molecule has 25 heavy (non-hydrogen) atoms. The lowest BCUT2D eigenvalue weighted by atomic mass is 9.99. The first-order valence-electron chi connectivity index (χ1n) is 8.85. The summed E-state index contributed by atoms with van der Waals surface area (Å²) in [6.45, 7) is 4.69. The van der Waals surface area contributed by atoms with Crippen molar-refractivity contribution >= 4 is 11.7 Å². The van der Waals surface area contributed by atoms with Gasteiger partial charge >= 0.3 is 0 Å². The number of pyridine rings is 1. The maximum absolute atomic E-state index is 12.5. The summed E-state index contributed by atoms with van der Waals surface area (Å²) in [5, 5.41) is 0. The van der Waals surface area contributed by atoms with Gasteiger partial charge in [-0.3, -0.25) is 9.78 Å². The number of nitrogens with zero attached hydrogens (tertiary/aromatic N) is 5. The van der Waals surface area contributed by atoms with Crippen molar-refractivity contribution in [2.24, 2.45) is 5.92 Å². The van der Waals surface area contributed by atoms with Crippen LogP contribution in [0.5, 0.6) is 0 Å². The monoisotopic (exact) mass is 339 g/mol. The molecule has 0 radical (unpaired) electrons. The molecule has 6 heteroatoms. The number of carbonyl (C=O) groups excluding carboxylic acids is 1. The van der Waals surface area contributed by atoms with Crippen LogP contribution in [0.3, 0.4) is 0 Å². The molecule has 0 aromatic carbocycles. The molecule has 132 valence electrons. The van der Waals surface area contributed by atoms with Crippen molar-refractivity contribution in [3.05, 3.63) is 48.2 Å². The van der Waals surface area contributed by atoms with Crippen molar-refractivity contribution in [1.82, 2.24) is 19.9 Å². The van der Waals surface area contributed by atoms with E-state index in [0.29, 0.717) is 11.6 Å². The highest BCUT2D eigenvalue weighted by Gasteiger charge is 2.22. The van der Waals surface area contributed by atoms with Crippen LogP contribution in [-0.2, 0) is 6.42 Å². The highest BCUT2D eigenvalue weighted by Crippen LogP contribution is 2.18. The minimum atomic E-state index is -0.00890. The summed E-state index contributed by atoms with van der Waals surface area (Å²) in [4.78, 5) is 29.2. The van der Waals surface area contributed by atoms with Gasteiger partial charge in [0.2, 0.25) is 0 Å². The van der Waals surface area contributed by atoms with Crippen LogP contribution in [0, 0.1) is 5.92 Å². The second kappa shape index (κ2) is 8.05. The highest BCUT2D eigenvalue weighted by atomic mass is 16.2. The van der Waals surface area contributed by atoms with Gasteiger partial charge in [0.15, 0.2) is 0 Å². The van der Waals surface area contributed by atoms with E-state index in [1.165, 1.54) is 5.56 Å². The van der Waals surface area contributed by atoms with E-state index < -0.39 is 0 Å². The molecule has 2 aromatic heterocycles. The number of hydrogen-bond donors (Lipinski definition) is 0. The van der Waals surface area contributed by atoms with Crippen LogP contribution >= 0.6 is 0 Å². The Kier molecular flexibility index (Phi) is 5.58. The highest BCUT2D eigenvalue weighted by molar-refractivity contribution is 5.92. The Morgan fingerprint density at radius 1 is 1.20 bits per heavy atom. The van der Waals surface area contributed by atoms with Crippen LogP contribution in [0.25, 0.3) is 0 Å². The molecule has 0 bridgehead atoms. The van der Waals surface area contributed by atoms with Crippen LogP contribution in [0.4, 0.5) is 5.82 Å². The van der Waals surface area contributed by atoms with Gasteiger partial charge in [-0.15, -0.1) is 0 Å². The van der Waals surface area contributed by atoms with Crippen molar-refractivity contribution in [2.75, 3.05) is 31.6 Å². The SMILES string of the molecule is CC1CCN(C(=O)c2cnc(N(C)CCc3ccncc3)cn2)CC1. The zero-order valence-electron chi connectivity index (χ0n) is 14.9. The summed E-state index contributed by atoms with van der Waals surface area (Å²) in [5.74, 6) is 1.47. The third kappa shape index (κ3) is 4.53. The molecule has 1 aliphatic rings. The average Bonchev–Trinajstić information content (AvgIpc) is 2.67. The van der Waals surface area contributed by atoms with Gasteiger partial charge in [-0.2, -0.15) is 0 Å². The van der Waals surface area contributed by atoms with E-state index in [-0.39, 0.29) is 5.91 Å². The Labute approximate surface area is 148 Å². The summed E-state index contributed by atoms with van der Waals surface area (Å²) in [5.41, 5.74) is 1.67. The molecule has 3 heterocycles. The van der Waals surface area contributed by atoms with E-state index in [0.717, 1.165) is 44.7 Å². The number of likely N-dealkylation sites (N-methyl/N-ethyl adjacent to an activating group) is 1. The zero-order chi connectivity index (χ0) is 17.6. The summed E-state index contributed by atoms with van der Waals surface area (Å²) < 4.78 is 0. The van der Waals surface area contributed by atoms with Gasteiger partial charge in [-0.25, -0.2) is 9.97 Å². The Balaban J connectivity index is 1.56. The number of likely N-dealkylation sites (tertiary alicyclic amines) is 1. The Bertz CT molecular complexity index is 681. The van der Waals surface area contributed by atoms with E-state index in [4.69, 9.17) is 0 Å². The summed E-state index contributed by atoms with van der Waals surface area (Å²) in [6.07, 6.45) is 9.93. The van der Waals surface area contributed by atoms with E-state index >= 15 is 0 Å². The second-order valence-electron chi connectivity index (χ2n) is 6.76. The lowest BCUT2D eigenvalue weighted by Gasteiger charge is -2.30. The number of aromatic nitrogens is 3. The third-order valence-corrected chi connectivity index (χ3v) is 4.80. The predicted molar refractivity (Wildman–Crippen MR) is 97.5 cm³/mol.